The van der Waals surface area contributed by atoms with E-state index in [4.69, 9.17) is 0 Å². The molecule has 0 aliphatic rings. The van der Waals surface area contributed by atoms with Gasteiger partial charge < -0.3 is 5.11 Å². The summed E-state index contributed by atoms with van der Waals surface area (Å²) in [6, 6.07) is 0. The third kappa shape index (κ3) is 4.28. The molecule has 0 aromatic heterocycles. The fraction of sp³-hybridized carbons (Fsp3) is 0.846. The first-order valence-corrected chi connectivity index (χ1v) is 5.60. The second-order valence-electron chi connectivity index (χ2n) is 5.26. The molecule has 0 heterocycles. The van der Waals surface area contributed by atoms with Crippen LogP contribution in [0, 0.1) is 11.3 Å². The van der Waals surface area contributed by atoms with Gasteiger partial charge >= 0.3 is 0 Å². The van der Waals surface area contributed by atoms with Gasteiger partial charge in [0, 0.05) is 0 Å². The highest BCUT2D eigenvalue weighted by molar-refractivity contribution is 4.93. The monoisotopic (exact) mass is 198 g/mol. The molecule has 0 fully saturated rings. The normalized spacial score (nSPS) is 16.2. The molecular weight excluding hydrogens is 172 g/mol. The second-order valence-corrected chi connectivity index (χ2v) is 5.26. The van der Waals surface area contributed by atoms with E-state index in [1.807, 2.05) is 6.92 Å². The van der Waals surface area contributed by atoms with Gasteiger partial charge in [0.05, 0.1) is 6.10 Å². The zero-order chi connectivity index (χ0) is 11.4. The van der Waals surface area contributed by atoms with Crippen molar-refractivity contribution in [3.05, 3.63) is 11.6 Å². The minimum absolute atomic E-state index is 0.0233. The van der Waals surface area contributed by atoms with Crippen molar-refractivity contribution >= 4 is 0 Å². The molecule has 1 nitrogen and oxygen atoms in total. The zero-order valence-electron chi connectivity index (χ0n) is 10.6. The van der Waals surface area contributed by atoms with E-state index in [0.29, 0.717) is 5.92 Å². The predicted molar refractivity (Wildman–Crippen MR) is 63.3 cm³/mol. The van der Waals surface area contributed by atoms with E-state index in [1.54, 1.807) is 0 Å². The van der Waals surface area contributed by atoms with Gasteiger partial charge in [0.1, 0.15) is 0 Å². The Morgan fingerprint density at radius 2 is 1.79 bits per heavy atom. The first kappa shape index (κ1) is 13.7. The molecule has 0 spiro atoms. The first-order chi connectivity index (χ1) is 6.28. The van der Waals surface area contributed by atoms with E-state index < -0.39 is 0 Å². The summed E-state index contributed by atoms with van der Waals surface area (Å²) in [5.74, 6) is 0.554. The average Bonchev–Trinajstić information content (AvgIpc) is 2.02. The van der Waals surface area contributed by atoms with E-state index >= 15 is 0 Å². The fourth-order valence-electron chi connectivity index (χ4n) is 1.41. The molecule has 0 aliphatic heterocycles. The van der Waals surface area contributed by atoms with Gasteiger partial charge in [-0.1, -0.05) is 32.4 Å². The van der Waals surface area contributed by atoms with Crippen LogP contribution in [0.1, 0.15) is 54.4 Å². The SMILES string of the molecule is CC(C)=CCCC(C)C(C)(C)C(C)O. The van der Waals surface area contributed by atoms with Crippen LogP contribution in [0.2, 0.25) is 0 Å². The quantitative estimate of drug-likeness (QED) is 0.667. The minimum atomic E-state index is -0.232. The Morgan fingerprint density at radius 1 is 1.29 bits per heavy atom. The van der Waals surface area contributed by atoms with Crippen LogP contribution in [-0.2, 0) is 0 Å². The third-order valence-corrected chi connectivity index (χ3v) is 3.50. The molecule has 0 saturated heterocycles. The van der Waals surface area contributed by atoms with Crippen LogP contribution >= 0.6 is 0 Å². The Balaban J connectivity index is 4.08. The van der Waals surface area contributed by atoms with Crippen LogP contribution < -0.4 is 0 Å². The van der Waals surface area contributed by atoms with Gasteiger partial charge in [0.15, 0.2) is 0 Å². The zero-order valence-corrected chi connectivity index (χ0v) is 10.6. The highest BCUT2D eigenvalue weighted by Gasteiger charge is 2.29. The summed E-state index contributed by atoms with van der Waals surface area (Å²) in [6.45, 7) is 12.7. The molecule has 84 valence electrons. The molecule has 0 bridgehead atoms. The van der Waals surface area contributed by atoms with Gasteiger partial charge in [-0.15, -0.1) is 0 Å². The van der Waals surface area contributed by atoms with Crippen LogP contribution in [0.4, 0.5) is 0 Å². The van der Waals surface area contributed by atoms with Crippen molar-refractivity contribution in [3.8, 4) is 0 Å². The van der Waals surface area contributed by atoms with Crippen molar-refractivity contribution in [2.24, 2.45) is 11.3 Å². The van der Waals surface area contributed by atoms with Crippen molar-refractivity contribution in [2.45, 2.75) is 60.5 Å². The molecule has 0 aromatic carbocycles. The largest absolute Gasteiger partial charge is 0.393 e. The standard InChI is InChI=1S/C13H26O/c1-10(2)8-7-9-11(3)13(5,6)12(4)14/h8,11-12,14H,7,9H2,1-6H3. The molecule has 0 saturated carbocycles. The fourth-order valence-corrected chi connectivity index (χ4v) is 1.41. The molecule has 0 amide bonds. The third-order valence-electron chi connectivity index (χ3n) is 3.50. The van der Waals surface area contributed by atoms with Gasteiger partial charge in [-0.25, -0.2) is 0 Å². The van der Waals surface area contributed by atoms with Gasteiger partial charge in [-0.05, 0) is 44.9 Å². The number of rotatable bonds is 5. The summed E-state index contributed by atoms with van der Waals surface area (Å²) >= 11 is 0. The summed E-state index contributed by atoms with van der Waals surface area (Å²) in [7, 11) is 0. The van der Waals surface area contributed by atoms with Crippen molar-refractivity contribution in [2.75, 3.05) is 0 Å². The van der Waals surface area contributed by atoms with Gasteiger partial charge in [-0.2, -0.15) is 0 Å². The predicted octanol–water partition coefficient (Wildman–Crippen LogP) is 3.78. The average molecular weight is 198 g/mol. The number of allylic oxidation sites excluding steroid dienone is 2. The molecule has 0 radical (unpaired) electrons. The Labute approximate surface area is 89.2 Å². The number of aliphatic hydroxyl groups is 1. The summed E-state index contributed by atoms with van der Waals surface area (Å²) < 4.78 is 0. The lowest BCUT2D eigenvalue weighted by atomic mass is 9.74. The number of hydrogen-bond donors (Lipinski definition) is 1. The van der Waals surface area contributed by atoms with E-state index in [1.165, 1.54) is 5.57 Å². The molecule has 2 atom stereocenters. The van der Waals surface area contributed by atoms with E-state index in [2.05, 4.69) is 40.7 Å². The molecule has 14 heavy (non-hydrogen) atoms. The van der Waals surface area contributed by atoms with Gasteiger partial charge in [0.2, 0.25) is 0 Å². The summed E-state index contributed by atoms with van der Waals surface area (Å²) in [5.41, 5.74) is 1.40. The molecule has 0 aliphatic carbocycles. The van der Waals surface area contributed by atoms with E-state index in [0.717, 1.165) is 12.8 Å². The second kappa shape index (κ2) is 5.55. The van der Waals surface area contributed by atoms with Crippen molar-refractivity contribution in [1.29, 1.82) is 0 Å². The summed E-state index contributed by atoms with van der Waals surface area (Å²) in [4.78, 5) is 0. The Kier molecular flexibility index (Phi) is 5.43. The maximum atomic E-state index is 9.64. The van der Waals surface area contributed by atoms with E-state index in [-0.39, 0.29) is 11.5 Å². The van der Waals surface area contributed by atoms with Crippen molar-refractivity contribution < 1.29 is 5.11 Å². The van der Waals surface area contributed by atoms with Crippen LogP contribution in [0.15, 0.2) is 11.6 Å². The lowest BCUT2D eigenvalue weighted by Gasteiger charge is -2.34. The lowest BCUT2D eigenvalue weighted by molar-refractivity contribution is 0.0230. The highest BCUT2D eigenvalue weighted by Crippen LogP contribution is 2.33. The number of aliphatic hydroxyl groups excluding tert-OH is 1. The maximum Gasteiger partial charge on any atom is 0.0565 e. The molecule has 2 unspecified atom stereocenters. The highest BCUT2D eigenvalue weighted by atomic mass is 16.3. The van der Waals surface area contributed by atoms with Crippen LogP contribution in [0.3, 0.4) is 0 Å². The molecule has 0 aromatic rings. The minimum Gasteiger partial charge on any atom is -0.393 e. The van der Waals surface area contributed by atoms with Gasteiger partial charge in [0.25, 0.3) is 0 Å². The van der Waals surface area contributed by atoms with Gasteiger partial charge in [-0.3, -0.25) is 0 Å². The Hall–Kier alpha value is -0.300. The Morgan fingerprint density at radius 3 is 2.14 bits per heavy atom. The van der Waals surface area contributed by atoms with Crippen LogP contribution in [-0.4, -0.2) is 11.2 Å². The van der Waals surface area contributed by atoms with Crippen molar-refractivity contribution in [1.82, 2.24) is 0 Å². The lowest BCUT2D eigenvalue weighted by Crippen LogP contribution is -2.33. The summed E-state index contributed by atoms with van der Waals surface area (Å²) in [5, 5.41) is 9.64. The maximum absolute atomic E-state index is 9.64. The molecule has 1 N–H and O–H groups in total. The topological polar surface area (TPSA) is 20.2 Å². The van der Waals surface area contributed by atoms with Crippen LogP contribution in [0.5, 0.6) is 0 Å². The molecule has 1 heteroatoms. The van der Waals surface area contributed by atoms with E-state index in [9.17, 15) is 5.11 Å². The van der Waals surface area contributed by atoms with Crippen molar-refractivity contribution in [3.63, 3.8) is 0 Å². The van der Waals surface area contributed by atoms with Crippen LogP contribution in [0.25, 0.3) is 0 Å². The molecular formula is C13H26O. The number of hydrogen-bond acceptors (Lipinski definition) is 1. The first-order valence-electron chi connectivity index (χ1n) is 5.60. The molecule has 0 rings (SSSR count). The summed E-state index contributed by atoms with van der Waals surface area (Å²) in [6.07, 6.45) is 4.32. The smallest absolute Gasteiger partial charge is 0.0565 e. The Bertz CT molecular complexity index is 185.